The van der Waals surface area contributed by atoms with Crippen LogP contribution in [0.1, 0.15) is 13.3 Å². The molecule has 0 spiro atoms. The molecule has 0 fully saturated rings. The highest BCUT2D eigenvalue weighted by Gasteiger charge is 2.08. The van der Waals surface area contributed by atoms with Crippen LogP contribution in [0, 0.1) is 12.3 Å². The van der Waals surface area contributed by atoms with Crippen molar-refractivity contribution < 1.29 is 4.74 Å². The number of ether oxygens (including phenoxy) is 1. The molecule has 0 unspecified atom stereocenters. The van der Waals surface area contributed by atoms with Gasteiger partial charge in [0.25, 0.3) is 5.95 Å². The Morgan fingerprint density at radius 1 is 1.42 bits per heavy atom. The number of anilines is 1. The molecule has 2 rings (SSSR count). The summed E-state index contributed by atoms with van der Waals surface area (Å²) in [5.74, 6) is 3.33. The number of hydrogen-bond acceptors (Lipinski definition) is 6. The maximum Gasteiger partial charge on any atom is 0.323 e. The second-order valence-corrected chi connectivity index (χ2v) is 3.53. The van der Waals surface area contributed by atoms with E-state index in [0.29, 0.717) is 31.5 Å². The van der Waals surface area contributed by atoms with Crippen LogP contribution >= 0.6 is 0 Å². The minimum atomic E-state index is 0.228. The minimum absolute atomic E-state index is 0.228. The van der Waals surface area contributed by atoms with Crippen LogP contribution in [0.15, 0.2) is 18.5 Å². The van der Waals surface area contributed by atoms with Crippen molar-refractivity contribution in [3.05, 3.63) is 18.5 Å². The predicted molar refractivity (Wildman–Crippen MR) is 70.1 cm³/mol. The molecule has 7 heteroatoms. The molecule has 2 aromatic heterocycles. The summed E-state index contributed by atoms with van der Waals surface area (Å²) in [5.41, 5.74) is 0. The van der Waals surface area contributed by atoms with Gasteiger partial charge in [-0.05, 0) is 13.0 Å². The summed E-state index contributed by atoms with van der Waals surface area (Å²) in [6, 6.07) is 2.02. The smallest absolute Gasteiger partial charge is 0.323 e. The van der Waals surface area contributed by atoms with Gasteiger partial charge in [-0.1, -0.05) is 0 Å². The van der Waals surface area contributed by atoms with E-state index in [-0.39, 0.29) is 6.01 Å². The zero-order valence-corrected chi connectivity index (χ0v) is 10.6. The molecule has 98 valence electrons. The lowest BCUT2D eigenvalue weighted by molar-refractivity contribution is 0.299. The van der Waals surface area contributed by atoms with Crippen LogP contribution in [-0.2, 0) is 0 Å². The van der Waals surface area contributed by atoms with Gasteiger partial charge in [-0.2, -0.15) is 20.1 Å². The van der Waals surface area contributed by atoms with Crippen molar-refractivity contribution in [2.75, 3.05) is 18.5 Å². The summed E-state index contributed by atoms with van der Waals surface area (Å²) in [6.45, 7) is 3.02. The fourth-order valence-electron chi connectivity index (χ4n) is 1.34. The molecule has 0 radical (unpaired) electrons. The summed E-state index contributed by atoms with van der Waals surface area (Å²) in [6.07, 6.45) is 9.06. The third-order valence-electron chi connectivity index (χ3n) is 2.12. The molecule has 0 aliphatic carbocycles. The van der Waals surface area contributed by atoms with E-state index in [1.165, 1.54) is 4.68 Å². The van der Waals surface area contributed by atoms with Gasteiger partial charge in [0, 0.05) is 25.4 Å². The summed E-state index contributed by atoms with van der Waals surface area (Å²) in [4.78, 5) is 12.6. The van der Waals surface area contributed by atoms with Gasteiger partial charge in [-0.15, -0.1) is 12.3 Å². The maximum absolute atomic E-state index is 5.39. The first-order valence-corrected chi connectivity index (χ1v) is 5.89. The molecule has 0 saturated heterocycles. The molecule has 0 saturated carbocycles. The van der Waals surface area contributed by atoms with Crippen LogP contribution < -0.4 is 10.1 Å². The van der Waals surface area contributed by atoms with Gasteiger partial charge in [0.15, 0.2) is 0 Å². The Morgan fingerprint density at radius 2 is 2.32 bits per heavy atom. The molecule has 2 heterocycles. The molecule has 7 nitrogen and oxygen atoms in total. The Balaban J connectivity index is 2.25. The first kappa shape index (κ1) is 12.8. The van der Waals surface area contributed by atoms with Gasteiger partial charge in [-0.25, -0.2) is 4.68 Å². The van der Waals surface area contributed by atoms with Crippen molar-refractivity contribution in [3.8, 4) is 24.3 Å². The van der Waals surface area contributed by atoms with E-state index in [1.54, 1.807) is 18.5 Å². The van der Waals surface area contributed by atoms with Crippen molar-refractivity contribution >= 4 is 5.95 Å². The van der Waals surface area contributed by atoms with Crippen LogP contribution in [0.5, 0.6) is 6.01 Å². The molecular formula is C12H14N6O. The zero-order valence-electron chi connectivity index (χ0n) is 10.6. The van der Waals surface area contributed by atoms with Crippen LogP contribution in [0.4, 0.5) is 5.95 Å². The van der Waals surface area contributed by atoms with Gasteiger partial charge < -0.3 is 10.1 Å². The number of terminal acetylenes is 1. The van der Waals surface area contributed by atoms with Gasteiger partial charge in [-0.3, -0.25) is 0 Å². The lowest BCUT2D eigenvalue weighted by atomic mass is 10.5. The lowest BCUT2D eigenvalue weighted by Crippen LogP contribution is -2.11. The standard InChI is InChI=1S/C12H14N6O/c1-3-5-9-19-12-16-10(13-4-2)15-11(17-12)18-8-6-7-14-18/h1,6-8H,4-5,9H2,2H3,(H,13,15,16,17). The fourth-order valence-corrected chi connectivity index (χ4v) is 1.34. The zero-order chi connectivity index (χ0) is 13.5. The third-order valence-corrected chi connectivity index (χ3v) is 2.12. The maximum atomic E-state index is 5.39. The fraction of sp³-hybridized carbons (Fsp3) is 0.333. The van der Waals surface area contributed by atoms with Crippen molar-refractivity contribution in [3.63, 3.8) is 0 Å². The van der Waals surface area contributed by atoms with Crippen LogP contribution in [0.25, 0.3) is 5.95 Å². The van der Waals surface area contributed by atoms with Crippen molar-refractivity contribution in [2.45, 2.75) is 13.3 Å². The molecule has 2 aromatic rings. The Kier molecular flexibility index (Phi) is 4.29. The molecule has 0 amide bonds. The summed E-state index contributed by atoms with van der Waals surface area (Å²) in [7, 11) is 0. The summed E-state index contributed by atoms with van der Waals surface area (Å²) < 4.78 is 6.92. The van der Waals surface area contributed by atoms with Gasteiger partial charge >= 0.3 is 6.01 Å². The molecule has 19 heavy (non-hydrogen) atoms. The van der Waals surface area contributed by atoms with E-state index in [2.05, 4.69) is 31.3 Å². The van der Waals surface area contributed by atoms with Gasteiger partial charge in [0.05, 0.1) is 0 Å². The van der Waals surface area contributed by atoms with E-state index in [0.717, 1.165) is 0 Å². The molecule has 0 aliphatic rings. The Hall–Kier alpha value is -2.62. The van der Waals surface area contributed by atoms with E-state index >= 15 is 0 Å². The minimum Gasteiger partial charge on any atom is -0.462 e. The van der Waals surface area contributed by atoms with E-state index in [9.17, 15) is 0 Å². The molecule has 0 atom stereocenters. The number of nitrogens with zero attached hydrogens (tertiary/aromatic N) is 5. The topological polar surface area (TPSA) is 77.8 Å². The van der Waals surface area contributed by atoms with E-state index < -0.39 is 0 Å². The van der Waals surface area contributed by atoms with E-state index in [1.807, 2.05) is 6.92 Å². The molecule has 0 aromatic carbocycles. The average Bonchev–Trinajstić information content (AvgIpc) is 2.93. The molecule has 0 aliphatic heterocycles. The van der Waals surface area contributed by atoms with Crippen molar-refractivity contribution in [1.29, 1.82) is 0 Å². The summed E-state index contributed by atoms with van der Waals surface area (Å²) in [5, 5.41) is 7.09. The number of nitrogens with one attached hydrogen (secondary N) is 1. The first-order chi connectivity index (χ1) is 9.33. The number of rotatable bonds is 6. The molecule has 1 N–H and O–H groups in total. The highest BCUT2D eigenvalue weighted by atomic mass is 16.5. The second-order valence-electron chi connectivity index (χ2n) is 3.53. The highest BCUT2D eigenvalue weighted by molar-refractivity contribution is 5.29. The SMILES string of the molecule is C#CCCOc1nc(NCC)nc(-n2cccn2)n1. The highest BCUT2D eigenvalue weighted by Crippen LogP contribution is 2.10. The Bertz CT molecular complexity index is 560. The lowest BCUT2D eigenvalue weighted by Gasteiger charge is -2.07. The third kappa shape index (κ3) is 3.42. The first-order valence-electron chi connectivity index (χ1n) is 5.89. The van der Waals surface area contributed by atoms with Crippen LogP contribution in [0.3, 0.4) is 0 Å². The Labute approximate surface area is 111 Å². The van der Waals surface area contributed by atoms with Gasteiger partial charge in [0.2, 0.25) is 5.95 Å². The van der Waals surface area contributed by atoms with Gasteiger partial charge in [0.1, 0.15) is 6.61 Å². The Morgan fingerprint density at radius 3 is 3.00 bits per heavy atom. The van der Waals surface area contributed by atoms with E-state index in [4.69, 9.17) is 11.2 Å². The predicted octanol–water partition coefficient (Wildman–Crippen LogP) is 0.891. The largest absolute Gasteiger partial charge is 0.462 e. The number of aromatic nitrogens is 5. The quantitative estimate of drug-likeness (QED) is 0.612. The molecular weight excluding hydrogens is 244 g/mol. The van der Waals surface area contributed by atoms with Crippen LogP contribution in [-0.4, -0.2) is 37.9 Å². The normalized spacial score (nSPS) is 9.89. The monoisotopic (exact) mass is 258 g/mol. The van der Waals surface area contributed by atoms with Crippen LogP contribution in [0.2, 0.25) is 0 Å². The summed E-state index contributed by atoms with van der Waals surface area (Å²) >= 11 is 0. The number of hydrogen-bond donors (Lipinski definition) is 1. The second kappa shape index (κ2) is 6.35. The van der Waals surface area contributed by atoms with Crippen molar-refractivity contribution in [1.82, 2.24) is 24.7 Å². The average molecular weight is 258 g/mol. The van der Waals surface area contributed by atoms with Crippen molar-refractivity contribution in [2.24, 2.45) is 0 Å². The molecule has 0 bridgehead atoms.